The molecule has 0 bridgehead atoms. The van der Waals surface area contributed by atoms with E-state index in [0.717, 1.165) is 140 Å². The van der Waals surface area contributed by atoms with Crippen LogP contribution in [0.4, 0.5) is 0 Å². The summed E-state index contributed by atoms with van der Waals surface area (Å²) in [5, 5.41) is 75.5. The first kappa shape index (κ1) is 80.2. The van der Waals surface area contributed by atoms with Crippen molar-refractivity contribution in [1.82, 2.24) is 179 Å². The van der Waals surface area contributed by atoms with E-state index in [9.17, 15) is 0 Å². The van der Waals surface area contributed by atoms with E-state index in [1.54, 1.807) is 63.5 Å². The third-order valence-electron chi connectivity index (χ3n) is 18.9. The topological polar surface area (TPSA) is 398 Å². The minimum Gasteiger partial charge on any atom is -0.440 e. The number of thiophene rings is 1. The van der Waals surface area contributed by atoms with Crippen LogP contribution in [-0.2, 0) is 70.5 Å². The molecule has 1 aromatic carbocycles. The van der Waals surface area contributed by atoms with E-state index in [1.165, 1.54) is 74.3 Å². The van der Waals surface area contributed by atoms with E-state index in [-0.39, 0.29) is 0 Å². The van der Waals surface area contributed by atoms with Gasteiger partial charge < -0.3 is 8.98 Å². The number of furan rings is 1. The average Bonchev–Trinajstić information content (AvgIpc) is 1.60. The van der Waals surface area contributed by atoms with E-state index in [2.05, 4.69) is 205 Å². The highest BCUT2D eigenvalue weighted by molar-refractivity contribution is 7.18. The van der Waals surface area contributed by atoms with Gasteiger partial charge in [-0.3, -0.25) is 4.98 Å². The van der Waals surface area contributed by atoms with Crippen LogP contribution in [0.3, 0.4) is 0 Å². The number of rotatable bonds is 0. The predicted octanol–water partition coefficient (Wildman–Crippen LogP) is 9.65. The summed E-state index contributed by atoms with van der Waals surface area (Å²) in [6.45, 7) is 44.2. The van der Waals surface area contributed by atoms with E-state index in [1.807, 2.05) is 125 Å². The van der Waals surface area contributed by atoms with E-state index < -0.39 is 0 Å². The summed E-state index contributed by atoms with van der Waals surface area (Å²) >= 11 is 1.71. The highest BCUT2D eigenvalue weighted by Gasteiger charge is 2.18. The van der Waals surface area contributed by atoms with Crippen LogP contribution in [0.25, 0.3) is 99.6 Å². The van der Waals surface area contributed by atoms with E-state index in [0.29, 0.717) is 28.3 Å². The zero-order valence-corrected chi connectivity index (χ0v) is 69.7. The minimum atomic E-state index is 0.612. The molecule has 0 amide bonds. The van der Waals surface area contributed by atoms with Gasteiger partial charge in [0.2, 0.25) is 28.2 Å². The molecular formula is C72H96N36OS. The maximum Gasteiger partial charge on any atom is 0.266 e. The second-order valence-electron chi connectivity index (χ2n) is 27.0. The van der Waals surface area contributed by atoms with Gasteiger partial charge in [-0.15, -0.1) is 67.4 Å². The van der Waals surface area contributed by atoms with Crippen LogP contribution < -0.4 is 0 Å². The molecule has 38 heteroatoms. The zero-order valence-electron chi connectivity index (χ0n) is 68.9. The van der Waals surface area contributed by atoms with Crippen molar-refractivity contribution in [3.05, 3.63) is 123 Å². The third-order valence-corrected chi connectivity index (χ3v) is 20.0. The molecule has 0 saturated carbocycles. The number of hydrogen-bond donors (Lipinski definition) is 0. The molecule has 0 fully saturated rings. The van der Waals surface area contributed by atoms with Gasteiger partial charge in [0, 0.05) is 104 Å². The van der Waals surface area contributed by atoms with Gasteiger partial charge in [0.05, 0.1) is 28.5 Å². The molecule has 110 heavy (non-hydrogen) atoms. The van der Waals surface area contributed by atoms with Gasteiger partial charge >= 0.3 is 0 Å². The molecule has 17 heterocycles. The molecule has 0 aliphatic carbocycles. The molecule has 0 aliphatic heterocycles. The Morgan fingerprint density at radius 2 is 0.582 bits per heavy atom. The number of aryl methyl sites for hydroxylation is 28. The Balaban J connectivity index is 0.000000132. The fourth-order valence-corrected chi connectivity index (χ4v) is 12.7. The Morgan fingerprint density at radius 1 is 0.227 bits per heavy atom. The lowest BCUT2D eigenvalue weighted by molar-refractivity contribution is 0.544. The maximum atomic E-state index is 5.33. The molecule has 18 aromatic rings. The van der Waals surface area contributed by atoms with E-state index >= 15 is 0 Å². The molecular weight excluding hydrogens is 1420 g/mol. The predicted molar refractivity (Wildman–Crippen MR) is 422 cm³/mol. The first-order chi connectivity index (χ1) is 51.7. The summed E-state index contributed by atoms with van der Waals surface area (Å²) in [6, 6.07) is 0. The second kappa shape index (κ2) is 32.2. The fraction of sp³-hybridized carbons (Fsp3) is 0.444. The Hall–Kier alpha value is -12.4. The number of fused-ring (bicyclic) bond motifs is 9. The number of benzene rings is 1. The van der Waals surface area contributed by atoms with Gasteiger partial charge in [0.15, 0.2) is 27.0 Å². The standard InChI is InChI=1S/C11H15N3.2C9H12N4.C8H12N4.3C7H9N5.C7H9N3O.C7H9N3S/c1-6-7(2)9(4)11-10(8(6)3)12-14(5)13-11;1-5-6(2)10-7(3)9-8(5)11-13(4)12-9;1-5-6(2)8-9(10-7(5)3)12-13(4)11-8;1-5-6(2)11(3)8-7(5)9-12(4)10-8;2*1-4-6-7(9-5(2)8-4)11-12(3)10-6;1-4-5(2)9-7-6(8-4)10-12(3)11-7;2*1-4-5(2)11-7-6(4)8-10(3)9-7/h1-5H3;2*1-4H3;1-4H3;3*1-3H3;2*1-3H3. The summed E-state index contributed by atoms with van der Waals surface area (Å²) in [5.41, 5.74) is 34.3. The van der Waals surface area contributed by atoms with Gasteiger partial charge in [-0.05, 0) is 197 Å². The highest BCUT2D eigenvalue weighted by Crippen LogP contribution is 2.29. The van der Waals surface area contributed by atoms with Crippen LogP contribution in [-0.4, -0.2) is 179 Å². The Kier molecular flexibility index (Phi) is 23.5. The SMILES string of the molecule is Cc1c(C)c(C)c2nn(C)nc2c1C.Cc1c(C)n(C)c2nn(C)nc12.Cc1nc(C)c2nn(C)nc2c1C.Cc1nc(C)c2nn(C)nc2n1.Cc1nc(C)c2nn(C)nc2n1.Cc1nc2nn(C)nc2c(C)c1C.Cc1nc2nn(C)nc2nc1C.Cc1oc2nn(C)nc2c1C.Cc1sc2nn(C)nc2c1C. The van der Waals surface area contributed by atoms with Crippen molar-refractivity contribution in [1.29, 1.82) is 0 Å². The van der Waals surface area contributed by atoms with Crippen molar-refractivity contribution in [2.75, 3.05) is 0 Å². The van der Waals surface area contributed by atoms with Gasteiger partial charge in [-0.2, -0.15) is 78.9 Å². The average molecular weight is 1510 g/mol. The molecule has 0 radical (unpaired) electrons. The largest absolute Gasteiger partial charge is 0.440 e. The van der Waals surface area contributed by atoms with Crippen molar-refractivity contribution in [2.45, 2.75) is 152 Å². The molecule has 0 saturated heterocycles. The quantitative estimate of drug-likeness (QED) is 0.136. The molecule has 0 atom stereocenters. The fourth-order valence-electron chi connectivity index (χ4n) is 11.7. The van der Waals surface area contributed by atoms with Crippen molar-refractivity contribution in [3.63, 3.8) is 0 Å². The van der Waals surface area contributed by atoms with Crippen LogP contribution in [0.1, 0.15) is 123 Å². The van der Waals surface area contributed by atoms with Crippen LogP contribution in [0.2, 0.25) is 0 Å². The molecule has 0 N–H and O–H groups in total. The number of nitrogens with zero attached hydrogens (tertiary/aromatic N) is 36. The minimum absolute atomic E-state index is 0.612. The van der Waals surface area contributed by atoms with Crippen molar-refractivity contribution >= 4 is 111 Å². The molecule has 37 nitrogen and oxygen atoms in total. The Bertz CT molecular complexity index is 6140. The van der Waals surface area contributed by atoms with Crippen LogP contribution in [0.15, 0.2) is 4.42 Å². The van der Waals surface area contributed by atoms with Gasteiger partial charge in [0.1, 0.15) is 56.0 Å². The molecule has 17 aromatic heterocycles. The third kappa shape index (κ3) is 17.1. The van der Waals surface area contributed by atoms with Gasteiger partial charge in [-0.1, -0.05) is 0 Å². The lowest BCUT2D eigenvalue weighted by atomic mass is 9.98. The number of pyridine rings is 2. The maximum absolute atomic E-state index is 5.33. The van der Waals surface area contributed by atoms with E-state index in [4.69, 9.17) is 4.42 Å². The molecule has 576 valence electrons. The molecule has 0 spiro atoms. The summed E-state index contributed by atoms with van der Waals surface area (Å²) in [7, 11) is 18.3. The van der Waals surface area contributed by atoms with Gasteiger partial charge in [-0.25, -0.2) is 34.9 Å². The highest BCUT2D eigenvalue weighted by atomic mass is 32.1. The summed E-state index contributed by atoms with van der Waals surface area (Å²) in [6.07, 6.45) is 0. The van der Waals surface area contributed by atoms with Crippen LogP contribution in [0, 0.1) is 152 Å². The number of aromatic nitrogens is 36. The van der Waals surface area contributed by atoms with Gasteiger partial charge in [0.25, 0.3) is 5.71 Å². The van der Waals surface area contributed by atoms with Crippen LogP contribution >= 0.6 is 11.3 Å². The van der Waals surface area contributed by atoms with Crippen molar-refractivity contribution in [2.24, 2.45) is 70.5 Å². The molecule has 0 aliphatic rings. The summed E-state index contributed by atoms with van der Waals surface area (Å²) < 4.78 is 7.39. The first-order valence-corrected chi connectivity index (χ1v) is 36.0. The van der Waals surface area contributed by atoms with Crippen molar-refractivity contribution in [3.8, 4) is 0 Å². The smallest absolute Gasteiger partial charge is 0.266 e. The number of hydrogen-bond acceptors (Lipinski definition) is 28. The first-order valence-electron chi connectivity index (χ1n) is 35.2. The lowest BCUT2D eigenvalue weighted by Gasteiger charge is -2.07. The van der Waals surface area contributed by atoms with Crippen LogP contribution in [0.5, 0.6) is 0 Å². The zero-order chi connectivity index (χ0) is 80.7. The molecule has 18 rings (SSSR count). The lowest BCUT2D eigenvalue weighted by Crippen LogP contribution is -1.97. The van der Waals surface area contributed by atoms with Crippen molar-refractivity contribution < 1.29 is 4.42 Å². The summed E-state index contributed by atoms with van der Waals surface area (Å²) in [4.78, 5) is 50.3. The second-order valence-corrected chi connectivity index (χ2v) is 28.2. The Morgan fingerprint density at radius 3 is 1.07 bits per heavy atom. The summed E-state index contributed by atoms with van der Waals surface area (Å²) in [5.74, 6) is 2.37. The molecule has 0 unspecified atom stereocenters. The monoisotopic (exact) mass is 1510 g/mol. The normalized spacial score (nSPS) is 11.1. The Labute approximate surface area is 638 Å².